The minimum Gasteiger partial charge on any atom is -0.398 e. The van der Waals surface area contributed by atoms with E-state index < -0.39 is 0 Å². The standard InChI is InChI=1S/C18H17N3O.C9H7BrN2O.C7H8BrN/c1-11-2-3-13(18(22)20-15-6-7-15)8-16(11)12-4-5-14-10-19-21-17(14)9-12;1-6(13)12-9-4-8(10)3-2-7(9)5-11-12;1-5-2-3-6(8)4-7(5)9/h2-5,8-10,15H,6-7H2,1H3,(H,19,21)(H,20,22);2-5H,1H3;2-4H,9H2,1H3. The molecule has 0 atom stereocenters. The van der Waals surface area contributed by atoms with E-state index in [1.807, 2.05) is 73.8 Å². The van der Waals surface area contributed by atoms with Crippen LogP contribution in [0.15, 0.2) is 94.1 Å². The second kappa shape index (κ2) is 13.6. The molecule has 1 fully saturated rings. The molecule has 10 heteroatoms. The molecule has 6 aromatic rings. The monoisotopic (exact) mass is 714 g/mol. The highest BCUT2D eigenvalue weighted by Crippen LogP contribution is 2.28. The lowest BCUT2D eigenvalue weighted by molar-refractivity contribution is 0.0924. The second-order valence-electron chi connectivity index (χ2n) is 10.7. The Morgan fingerprint density at radius 3 is 2.30 bits per heavy atom. The number of aryl methyl sites for hydroxylation is 2. The molecule has 4 aromatic carbocycles. The van der Waals surface area contributed by atoms with Crippen molar-refractivity contribution in [1.82, 2.24) is 25.3 Å². The maximum atomic E-state index is 12.2. The third kappa shape index (κ3) is 7.62. The molecule has 2 heterocycles. The maximum absolute atomic E-state index is 12.2. The Labute approximate surface area is 272 Å². The van der Waals surface area contributed by atoms with E-state index in [9.17, 15) is 9.59 Å². The molecule has 0 unspecified atom stereocenters. The number of amides is 1. The normalized spacial score (nSPS) is 12.2. The van der Waals surface area contributed by atoms with Crippen molar-refractivity contribution in [2.45, 2.75) is 39.7 Å². The van der Waals surface area contributed by atoms with Gasteiger partial charge in [0.2, 0.25) is 5.91 Å². The number of rotatable bonds is 3. The molecule has 0 bridgehead atoms. The zero-order valence-electron chi connectivity index (χ0n) is 24.6. The fourth-order valence-corrected chi connectivity index (χ4v) is 5.26. The highest BCUT2D eigenvalue weighted by Gasteiger charge is 2.24. The molecule has 2 aromatic heterocycles. The van der Waals surface area contributed by atoms with Crippen molar-refractivity contribution in [3.05, 3.63) is 111 Å². The number of fused-ring (bicyclic) bond motifs is 2. The van der Waals surface area contributed by atoms with Crippen LogP contribution in [0.1, 0.15) is 46.0 Å². The molecule has 4 N–H and O–H groups in total. The van der Waals surface area contributed by atoms with Gasteiger partial charge in [0.05, 0.1) is 23.4 Å². The minimum atomic E-state index is -0.0758. The average molecular weight is 716 g/mol. The number of halogens is 2. The molecule has 44 heavy (non-hydrogen) atoms. The number of benzene rings is 4. The lowest BCUT2D eigenvalue weighted by Gasteiger charge is -2.10. The summed E-state index contributed by atoms with van der Waals surface area (Å²) in [5.74, 6) is -0.0560. The maximum Gasteiger partial charge on any atom is 0.251 e. The van der Waals surface area contributed by atoms with Gasteiger partial charge in [0.1, 0.15) is 0 Å². The molecule has 224 valence electrons. The van der Waals surface area contributed by atoms with Crippen LogP contribution in [-0.4, -0.2) is 37.8 Å². The van der Waals surface area contributed by atoms with E-state index in [0.717, 1.165) is 77.1 Å². The Balaban J connectivity index is 0.000000148. The highest BCUT2D eigenvalue weighted by molar-refractivity contribution is 9.10. The molecular formula is C34H32Br2N6O2. The lowest BCUT2D eigenvalue weighted by atomic mass is 9.97. The molecular weight excluding hydrogens is 684 g/mol. The first-order chi connectivity index (χ1) is 21.1. The summed E-state index contributed by atoms with van der Waals surface area (Å²) in [7, 11) is 0. The summed E-state index contributed by atoms with van der Waals surface area (Å²) >= 11 is 6.66. The number of nitrogens with two attached hydrogens (primary N) is 1. The van der Waals surface area contributed by atoms with Gasteiger partial charge in [0.15, 0.2) is 0 Å². The first kappa shape index (κ1) is 31.2. The highest BCUT2D eigenvalue weighted by atomic mass is 79.9. The van der Waals surface area contributed by atoms with Gasteiger partial charge in [0.25, 0.3) is 5.91 Å². The third-order valence-electron chi connectivity index (χ3n) is 7.24. The Morgan fingerprint density at radius 1 is 0.886 bits per heavy atom. The van der Waals surface area contributed by atoms with Crippen LogP contribution < -0.4 is 11.1 Å². The van der Waals surface area contributed by atoms with Crippen LogP contribution in [0.2, 0.25) is 0 Å². The summed E-state index contributed by atoms with van der Waals surface area (Å²) in [5, 5.41) is 16.1. The molecule has 7 rings (SSSR count). The van der Waals surface area contributed by atoms with Crippen LogP contribution in [-0.2, 0) is 0 Å². The summed E-state index contributed by atoms with van der Waals surface area (Å²) in [6.07, 6.45) is 5.69. The number of carbonyl (C=O) groups is 2. The number of nitrogens with one attached hydrogen (secondary N) is 2. The van der Waals surface area contributed by atoms with E-state index in [-0.39, 0.29) is 11.8 Å². The van der Waals surface area contributed by atoms with E-state index in [1.54, 1.807) is 6.20 Å². The van der Waals surface area contributed by atoms with Crippen molar-refractivity contribution in [2.24, 2.45) is 0 Å². The molecule has 1 aliphatic carbocycles. The fourth-order valence-electron chi connectivity index (χ4n) is 4.53. The van der Waals surface area contributed by atoms with Crippen LogP contribution in [0.25, 0.3) is 32.9 Å². The van der Waals surface area contributed by atoms with Crippen LogP contribution in [0.4, 0.5) is 5.69 Å². The van der Waals surface area contributed by atoms with E-state index in [4.69, 9.17) is 5.73 Å². The van der Waals surface area contributed by atoms with Crippen LogP contribution >= 0.6 is 31.9 Å². The number of nitrogens with zero attached hydrogens (tertiary/aromatic N) is 3. The Hall–Kier alpha value is -4.28. The minimum absolute atomic E-state index is 0.0198. The predicted molar refractivity (Wildman–Crippen MR) is 184 cm³/mol. The number of hydrogen-bond acceptors (Lipinski definition) is 5. The van der Waals surface area contributed by atoms with E-state index in [1.165, 1.54) is 11.6 Å². The summed E-state index contributed by atoms with van der Waals surface area (Å²) < 4.78 is 3.37. The fraction of sp³-hybridized carbons (Fsp3) is 0.176. The van der Waals surface area contributed by atoms with Crippen LogP contribution in [0, 0.1) is 13.8 Å². The molecule has 1 amide bonds. The third-order valence-corrected chi connectivity index (χ3v) is 8.22. The number of H-pyrrole nitrogens is 1. The van der Waals surface area contributed by atoms with E-state index in [2.05, 4.69) is 71.5 Å². The number of anilines is 1. The first-order valence-corrected chi connectivity index (χ1v) is 15.7. The van der Waals surface area contributed by atoms with Crippen molar-refractivity contribution in [2.75, 3.05) is 5.73 Å². The van der Waals surface area contributed by atoms with Gasteiger partial charge in [-0.3, -0.25) is 14.7 Å². The number of hydrogen-bond donors (Lipinski definition) is 3. The summed E-state index contributed by atoms with van der Waals surface area (Å²) in [6, 6.07) is 24.0. The number of aromatic amines is 1. The largest absolute Gasteiger partial charge is 0.398 e. The number of nitrogen functional groups attached to an aromatic ring is 1. The van der Waals surface area contributed by atoms with Gasteiger partial charge >= 0.3 is 0 Å². The zero-order valence-corrected chi connectivity index (χ0v) is 27.7. The van der Waals surface area contributed by atoms with Crippen molar-refractivity contribution in [1.29, 1.82) is 0 Å². The Morgan fingerprint density at radius 2 is 1.59 bits per heavy atom. The molecule has 1 aliphatic rings. The molecule has 1 saturated carbocycles. The summed E-state index contributed by atoms with van der Waals surface area (Å²) in [5.41, 5.74) is 13.4. The SMILES string of the molecule is CC(=O)n1ncc2ccc(Br)cc21.Cc1ccc(Br)cc1N.Cc1ccc(C(=O)NC2CC2)cc1-c1ccc2cn[nH]c2c1. The lowest BCUT2D eigenvalue weighted by Crippen LogP contribution is -2.25. The molecule has 0 spiro atoms. The van der Waals surface area contributed by atoms with Crippen molar-refractivity contribution in [3.63, 3.8) is 0 Å². The second-order valence-corrected chi connectivity index (χ2v) is 12.6. The van der Waals surface area contributed by atoms with Crippen molar-refractivity contribution < 1.29 is 9.59 Å². The van der Waals surface area contributed by atoms with Crippen molar-refractivity contribution >= 4 is 71.2 Å². The van der Waals surface area contributed by atoms with E-state index >= 15 is 0 Å². The quantitative estimate of drug-likeness (QED) is 0.160. The Bertz CT molecular complexity index is 1980. The van der Waals surface area contributed by atoms with Gasteiger partial charge in [-0.1, -0.05) is 62.2 Å². The van der Waals surface area contributed by atoms with E-state index in [0.29, 0.717) is 6.04 Å². The van der Waals surface area contributed by atoms with Gasteiger partial charge in [-0.15, -0.1) is 0 Å². The van der Waals surface area contributed by atoms with Gasteiger partial charge in [-0.25, -0.2) is 4.68 Å². The average Bonchev–Trinajstić information content (AvgIpc) is 3.51. The Kier molecular flexibility index (Phi) is 9.61. The zero-order chi connectivity index (χ0) is 31.4. The predicted octanol–water partition coefficient (Wildman–Crippen LogP) is 8.23. The van der Waals surface area contributed by atoms with Crippen LogP contribution in [0.3, 0.4) is 0 Å². The van der Waals surface area contributed by atoms with Gasteiger partial charge in [-0.05, 0) is 91.4 Å². The molecule has 0 saturated heterocycles. The number of aromatic nitrogens is 4. The van der Waals surface area contributed by atoms with Gasteiger partial charge < -0.3 is 11.1 Å². The van der Waals surface area contributed by atoms with Crippen molar-refractivity contribution in [3.8, 4) is 11.1 Å². The van der Waals surface area contributed by atoms with Crippen LogP contribution in [0.5, 0.6) is 0 Å². The van der Waals surface area contributed by atoms with Gasteiger partial charge in [0, 0.05) is 43.9 Å². The smallest absolute Gasteiger partial charge is 0.251 e. The molecule has 0 radical (unpaired) electrons. The summed E-state index contributed by atoms with van der Waals surface area (Å²) in [6.45, 7) is 5.55. The van der Waals surface area contributed by atoms with Gasteiger partial charge in [-0.2, -0.15) is 10.2 Å². The summed E-state index contributed by atoms with van der Waals surface area (Å²) in [4.78, 5) is 23.4. The topological polar surface area (TPSA) is 119 Å². The molecule has 0 aliphatic heterocycles. The number of carbonyl (C=O) groups excluding carboxylic acids is 2. The first-order valence-electron chi connectivity index (χ1n) is 14.1. The molecule has 8 nitrogen and oxygen atoms in total.